The molecule has 4 unspecified atom stereocenters. The Morgan fingerprint density at radius 3 is 0.738 bits per heavy atom. The first kappa shape index (κ1) is 101. The van der Waals surface area contributed by atoms with E-state index in [0.29, 0.717) is 31.6 Å². The number of hydrogen-bond acceptors (Lipinski definition) is 15. The smallest absolute Gasteiger partial charge is 0.462 e. The van der Waals surface area contributed by atoms with Crippen molar-refractivity contribution in [2.75, 3.05) is 39.6 Å². The van der Waals surface area contributed by atoms with Crippen LogP contribution in [0.15, 0.2) is 0 Å². The number of aliphatic hydroxyl groups excluding tert-OH is 1. The molecular formula is C84H164O17P2. The molecule has 0 bridgehead atoms. The molecule has 3 N–H and O–H groups in total. The highest BCUT2D eigenvalue weighted by molar-refractivity contribution is 7.47. The number of phosphoric ester groups is 2. The van der Waals surface area contributed by atoms with Gasteiger partial charge in [-0.2, -0.15) is 0 Å². The molecule has 0 aliphatic rings. The summed E-state index contributed by atoms with van der Waals surface area (Å²) in [6.07, 6.45) is 63.9. The van der Waals surface area contributed by atoms with Gasteiger partial charge in [-0.3, -0.25) is 37.3 Å². The Kier molecular flexibility index (Phi) is 72.8. The van der Waals surface area contributed by atoms with Gasteiger partial charge in [0.1, 0.15) is 19.3 Å². The third-order valence-electron chi connectivity index (χ3n) is 20.4. The highest BCUT2D eigenvalue weighted by Gasteiger charge is 2.30. The van der Waals surface area contributed by atoms with Crippen LogP contribution in [0.3, 0.4) is 0 Å². The molecule has 0 radical (unpaired) electrons. The van der Waals surface area contributed by atoms with Crippen LogP contribution in [0.1, 0.15) is 440 Å². The predicted molar refractivity (Wildman–Crippen MR) is 423 cm³/mol. The second-order valence-corrected chi connectivity index (χ2v) is 34.1. The van der Waals surface area contributed by atoms with E-state index in [-0.39, 0.29) is 25.7 Å². The lowest BCUT2D eigenvalue weighted by Crippen LogP contribution is -2.30. The number of unbranched alkanes of at least 4 members (excludes halogenated alkanes) is 48. The monoisotopic (exact) mass is 1510 g/mol. The minimum absolute atomic E-state index is 0.107. The fourth-order valence-electron chi connectivity index (χ4n) is 13.0. The number of phosphoric acid groups is 2. The van der Waals surface area contributed by atoms with Crippen LogP contribution in [0.5, 0.6) is 0 Å². The third kappa shape index (κ3) is 75.3. The Morgan fingerprint density at radius 2 is 0.495 bits per heavy atom. The van der Waals surface area contributed by atoms with Crippen LogP contribution in [0.2, 0.25) is 0 Å². The number of carbonyl (C=O) groups excluding carboxylic acids is 4. The molecule has 0 aromatic rings. The van der Waals surface area contributed by atoms with Crippen molar-refractivity contribution in [2.45, 2.75) is 458 Å². The van der Waals surface area contributed by atoms with Crippen LogP contribution in [0, 0.1) is 17.8 Å². The van der Waals surface area contributed by atoms with Gasteiger partial charge in [-0.15, -0.1) is 0 Å². The van der Waals surface area contributed by atoms with E-state index in [2.05, 4.69) is 48.5 Å². The molecule has 17 nitrogen and oxygen atoms in total. The average molecular weight is 1510 g/mol. The van der Waals surface area contributed by atoms with E-state index in [1.807, 2.05) is 0 Å². The Hall–Kier alpha value is -1.94. The van der Waals surface area contributed by atoms with E-state index in [9.17, 15) is 43.2 Å². The van der Waals surface area contributed by atoms with E-state index in [1.165, 1.54) is 244 Å². The first-order chi connectivity index (χ1) is 49.8. The van der Waals surface area contributed by atoms with E-state index in [1.54, 1.807) is 0 Å². The fraction of sp³-hybridized carbons (Fsp3) is 0.952. The zero-order chi connectivity index (χ0) is 75.8. The topological polar surface area (TPSA) is 237 Å². The van der Waals surface area contributed by atoms with Crippen LogP contribution in [0.4, 0.5) is 0 Å². The summed E-state index contributed by atoms with van der Waals surface area (Å²) >= 11 is 0. The van der Waals surface area contributed by atoms with Gasteiger partial charge in [0.05, 0.1) is 26.4 Å². The van der Waals surface area contributed by atoms with E-state index in [0.717, 1.165) is 108 Å². The number of carbonyl (C=O) groups is 4. The van der Waals surface area contributed by atoms with Crippen LogP contribution in [0.25, 0.3) is 0 Å². The van der Waals surface area contributed by atoms with Crippen molar-refractivity contribution in [3.63, 3.8) is 0 Å². The Bertz CT molecular complexity index is 2000. The summed E-state index contributed by atoms with van der Waals surface area (Å²) in [5.41, 5.74) is 0. The van der Waals surface area contributed by atoms with Gasteiger partial charge in [0.25, 0.3) is 0 Å². The molecule has 0 amide bonds. The van der Waals surface area contributed by atoms with Crippen molar-refractivity contribution >= 4 is 39.5 Å². The van der Waals surface area contributed by atoms with Gasteiger partial charge in [-0.05, 0) is 43.4 Å². The van der Waals surface area contributed by atoms with Crippen LogP contribution in [-0.4, -0.2) is 96.7 Å². The van der Waals surface area contributed by atoms with Crippen LogP contribution < -0.4 is 0 Å². The van der Waals surface area contributed by atoms with Crippen molar-refractivity contribution in [2.24, 2.45) is 17.8 Å². The van der Waals surface area contributed by atoms with Gasteiger partial charge in [-0.25, -0.2) is 9.13 Å². The molecular weight excluding hydrogens is 1340 g/mol. The van der Waals surface area contributed by atoms with Crippen LogP contribution in [-0.2, 0) is 65.4 Å². The predicted octanol–water partition coefficient (Wildman–Crippen LogP) is 25.3. The fourth-order valence-corrected chi connectivity index (χ4v) is 14.5. The number of esters is 4. The molecule has 0 aliphatic heterocycles. The Balaban J connectivity index is 5.22. The molecule has 7 atom stereocenters. The van der Waals surface area contributed by atoms with Gasteiger partial charge >= 0.3 is 39.5 Å². The molecule has 0 aromatic heterocycles. The summed E-state index contributed by atoms with van der Waals surface area (Å²) in [5, 5.41) is 10.7. The molecule has 0 rings (SSSR count). The first-order valence-corrected chi connectivity index (χ1v) is 46.4. The van der Waals surface area contributed by atoms with E-state index in [4.69, 9.17) is 37.0 Å². The van der Waals surface area contributed by atoms with Crippen molar-refractivity contribution in [1.29, 1.82) is 0 Å². The van der Waals surface area contributed by atoms with Gasteiger partial charge in [0.15, 0.2) is 12.2 Å². The summed E-state index contributed by atoms with van der Waals surface area (Å²) in [5.74, 6) is 0.266. The van der Waals surface area contributed by atoms with Gasteiger partial charge in [0.2, 0.25) is 0 Å². The summed E-state index contributed by atoms with van der Waals surface area (Å²) in [4.78, 5) is 73.1. The lowest BCUT2D eigenvalue weighted by molar-refractivity contribution is -0.161. The summed E-state index contributed by atoms with van der Waals surface area (Å²) < 4.78 is 68.8. The molecule has 0 aromatic carbocycles. The van der Waals surface area contributed by atoms with E-state index >= 15 is 0 Å². The molecule has 19 heteroatoms. The highest BCUT2D eigenvalue weighted by Crippen LogP contribution is 2.45. The largest absolute Gasteiger partial charge is 0.472 e. The highest BCUT2D eigenvalue weighted by atomic mass is 31.2. The maximum atomic E-state index is 13.1. The maximum absolute atomic E-state index is 13.1. The Morgan fingerprint density at radius 1 is 0.282 bits per heavy atom. The number of hydrogen-bond donors (Lipinski definition) is 3. The lowest BCUT2D eigenvalue weighted by Gasteiger charge is -2.21. The van der Waals surface area contributed by atoms with Crippen LogP contribution >= 0.6 is 15.6 Å². The second kappa shape index (κ2) is 74.2. The minimum atomic E-state index is -4.96. The van der Waals surface area contributed by atoms with E-state index < -0.39 is 97.5 Å². The van der Waals surface area contributed by atoms with Crippen molar-refractivity contribution < 1.29 is 80.2 Å². The van der Waals surface area contributed by atoms with Crippen molar-refractivity contribution in [3.05, 3.63) is 0 Å². The molecule has 0 aliphatic carbocycles. The number of aliphatic hydroxyl groups is 1. The second-order valence-electron chi connectivity index (χ2n) is 31.2. The molecule has 612 valence electrons. The summed E-state index contributed by atoms with van der Waals surface area (Å²) in [7, 11) is -9.93. The SMILES string of the molecule is CCCCCCCCCCCCCCCCCCCCC(=O)O[C@H](COC(=O)CCCCCCCCC(C)C)COP(=O)(O)OC[C@H](O)COP(=O)(O)OC[C@@H](COC(=O)CCCCCCCCCCCCCCCCC(C)CC)OC(=O)CCCCCCCCCCCCCCCCC(C)CC. The molecule has 0 spiro atoms. The van der Waals surface area contributed by atoms with Gasteiger partial charge in [-0.1, -0.05) is 389 Å². The number of rotatable bonds is 82. The maximum Gasteiger partial charge on any atom is 0.472 e. The lowest BCUT2D eigenvalue weighted by atomic mass is 9.99. The van der Waals surface area contributed by atoms with Crippen molar-refractivity contribution in [1.82, 2.24) is 0 Å². The number of ether oxygens (including phenoxy) is 4. The van der Waals surface area contributed by atoms with Crippen molar-refractivity contribution in [3.8, 4) is 0 Å². The molecule has 103 heavy (non-hydrogen) atoms. The minimum Gasteiger partial charge on any atom is -0.462 e. The van der Waals surface area contributed by atoms with Gasteiger partial charge < -0.3 is 33.8 Å². The third-order valence-corrected chi connectivity index (χ3v) is 22.3. The first-order valence-electron chi connectivity index (χ1n) is 43.4. The standard InChI is InChI=1S/C84H164O17P2/c1-8-11-12-13-14-15-16-17-18-19-20-21-29-34-39-44-53-60-68-84(89)101-80(72-95-82(87)66-59-52-47-46-48-55-62-75(4)5)74-99-103(92,93)97-70-78(85)69-96-102(90,91)98-73-79(100-83(88)67-61-54-45-40-35-30-25-23-27-32-37-42-50-57-64-77(7)10-3)71-94-81(86)65-58-51-43-38-33-28-24-22-26-31-36-41-49-56-63-76(6)9-2/h75-80,85H,8-74H2,1-7H3,(H,90,91)(H,92,93)/t76?,77?,78-,79-,80-/m1/s1. The Labute approximate surface area is 632 Å². The molecule has 0 saturated heterocycles. The molecule has 0 saturated carbocycles. The molecule has 0 heterocycles. The normalized spacial score (nSPS) is 14.4. The summed E-state index contributed by atoms with van der Waals surface area (Å²) in [6, 6.07) is 0. The molecule has 0 fully saturated rings. The average Bonchev–Trinajstić information content (AvgIpc) is 0.919. The quantitative estimate of drug-likeness (QED) is 0.0222. The van der Waals surface area contributed by atoms with Gasteiger partial charge in [0, 0.05) is 25.7 Å². The summed E-state index contributed by atoms with van der Waals surface area (Å²) in [6.45, 7) is 12.0. The zero-order valence-corrected chi connectivity index (χ0v) is 69.6. The zero-order valence-electron chi connectivity index (χ0n) is 67.8.